The Kier molecular flexibility index (Phi) is 3.84. The molecule has 0 amide bonds. The predicted octanol–water partition coefficient (Wildman–Crippen LogP) is 3.12. The molecule has 4 heteroatoms. The molecular formula is C14H22N4. The van der Waals surface area contributed by atoms with E-state index in [0.717, 1.165) is 34.9 Å². The topological polar surface area (TPSA) is 42.7 Å². The number of hydrogen-bond donors (Lipinski definition) is 1. The first kappa shape index (κ1) is 12.9. The van der Waals surface area contributed by atoms with Gasteiger partial charge in [-0.3, -0.25) is 4.68 Å². The molecule has 0 aliphatic carbocycles. The van der Waals surface area contributed by atoms with Crippen LogP contribution in [0.3, 0.4) is 0 Å². The second-order valence-electron chi connectivity index (χ2n) is 4.87. The Balaban J connectivity index is 2.17. The molecule has 4 nitrogen and oxygen atoms in total. The van der Waals surface area contributed by atoms with E-state index in [4.69, 9.17) is 0 Å². The average Bonchev–Trinajstić information content (AvgIpc) is 2.66. The van der Waals surface area contributed by atoms with Gasteiger partial charge >= 0.3 is 0 Å². The largest absolute Gasteiger partial charge is 0.384 e. The van der Waals surface area contributed by atoms with Crippen molar-refractivity contribution in [3.63, 3.8) is 0 Å². The highest BCUT2D eigenvalue weighted by Gasteiger charge is 2.08. The van der Waals surface area contributed by atoms with Crippen LogP contribution < -0.4 is 5.32 Å². The number of rotatable bonds is 5. The molecule has 0 aliphatic rings. The zero-order chi connectivity index (χ0) is 13.1. The molecule has 2 aromatic heterocycles. The minimum absolute atomic E-state index is 0.732. The lowest BCUT2D eigenvalue weighted by Crippen LogP contribution is -2.12. The van der Waals surface area contributed by atoms with Crippen LogP contribution in [-0.4, -0.2) is 21.3 Å². The van der Waals surface area contributed by atoms with Gasteiger partial charge in [-0.15, -0.1) is 0 Å². The van der Waals surface area contributed by atoms with Crippen molar-refractivity contribution in [3.8, 4) is 0 Å². The Morgan fingerprint density at radius 1 is 1.33 bits per heavy atom. The van der Waals surface area contributed by atoms with Crippen LogP contribution in [0.2, 0.25) is 0 Å². The number of pyridine rings is 1. The van der Waals surface area contributed by atoms with Crippen LogP contribution in [0.15, 0.2) is 12.3 Å². The Labute approximate surface area is 108 Å². The fourth-order valence-corrected chi connectivity index (χ4v) is 2.24. The quantitative estimate of drug-likeness (QED) is 0.881. The molecule has 0 saturated heterocycles. The number of fused-ring (bicyclic) bond motifs is 1. The van der Waals surface area contributed by atoms with Crippen molar-refractivity contribution in [2.75, 3.05) is 11.9 Å². The normalized spacial score (nSPS) is 11.4. The van der Waals surface area contributed by atoms with Gasteiger partial charge in [0.15, 0.2) is 5.65 Å². The van der Waals surface area contributed by atoms with Gasteiger partial charge in [-0.25, -0.2) is 4.98 Å². The Morgan fingerprint density at radius 2 is 2.06 bits per heavy atom. The maximum Gasteiger partial charge on any atom is 0.157 e. The molecule has 0 saturated carbocycles. The fraction of sp³-hybridized carbons (Fsp3) is 0.571. The van der Waals surface area contributed by atoms with Gasteiger partial charge in [0.25, 0.3) is 0 Å². The summed E-state index contributed by atoms with van der Waals surface area (Å²) in [5.74, 6) is 0.732. The number of aromatic nitrogens is 3. The maximum absolute atomic E-state index is 4.47. The third-order valence-corrected chi connectivity index (χ3v) is 3.61. The van der Waals surface area contributed by atoms with Gasteiger partial charge in [-0.2, -0.15) is 5.10 Å². The highest BCUT2D eigenvalue weighted by Crippen LogP contribution is 2.19. The molecular weight excluding hydrogens is 224 g/mol. The first-order valence-electron chi connectivity index (χ1n) is 6.68. The van der Waals surface area contributed by atoms with Crippen LogP contribution >= 0.6 is 0 Å². The molecule has 0 atom stereocenters. The molecule has 0 bridgehead atoms. The molecule has 2 aromatic rings. The smallest absolute Gasteiger partial charge is 0.157 e. The number of hydrogen-bond acceptors (Lipinski definition) is 3. The van der Waals surface area contributed by atoms with Gasteiger partial charge in [0.2, 0.25) is 0 Å². The molecule has 18 heavy (non-hydrogen) atoms. The maximum atomic E-state index is 4.47. The summed E-state index contributed by atoms with van der Waals surface area (Å²) in [4.78, 5) is 4.47. The van der Waals surface area contributed by atoms with Crippen molar-refractivity contribution in [2.24, 2.45) is 13.0 Å². The summed E-state index contributed by atoms with van der Waals surface area (Å²) in [7, 11) is 1.93. The monoisotopic (exact) mass is 246 g/mol. The van der Waals surface area contributed by atoms with Gasteiger partial charge in [0.05, 0.1) is 17.6 Å². The highest BCUT2D eigenvalue weighted by molar-refractivity contribution is 5.81. The highest BCUT2D eigenvalue weighted by atomic mass is 15.3. The van der Waals surface area contributed by atoms with Crippen LogP contribution in [0.5, 0.6) is 0 Å². The Bertz CT molecular complexity index is 526. The predicted molar refractivity (Wildman–Crippen MR) is 75.8 cm³/mol. The van der Waals surface area contributed by atoms with E-state index in [1.165, 1.54) is 12.8 Å². The molecule has 2 heterocycles. The number of anilines is 1. The van der Waals surface area contributed by atoms with Crippen LogP contribution in [0, 0.1) is 12.8 Å². The second-order valence-corrected chi connectivity index (χ2v) is 4.87. The number of aryl methyl sites for hydroxylation is 2. The van der Waals surface area contributed by atoms with Crippen molar-refractivity contribution in [1.29, 1.82) is 0 Å². The zero-order valence-electron chi connectivity index (χ0n) is 11.7. The van der Waals surface area contributed by atoms with Gasteiger partial charge in [0.1, 0.15) is 0 Å². The van der Waals surface area contributed by atoms with Gasteiger partial charge in [-0.05, 0) is 18.9 Å². The van der Waals surface area contributed by atoms with Crippen molar-refractivity contribution < 1.29 is 0 Å². The molecule has 0 unspecified atom stereocenters. The summed E-state index contributed by atoms with van der Waals surface area (Å²) in [6, 6.07) is 2.15. The zero-order valence-corrected chi connectivity index (χ0v) is 11.7. The molecule has 2 rings (SSSR count). The minimum atomic E-state index is 0.732. The van der Waals surface area contributed by atoms with Crippen LogP contribution in [0.25, 0.3) is 11.0 Å². The van der Waals surface area contributed by atoms with Gasteiger partial charge in [-0.1, -0.05) is 26.7 Å². The van der Waals surface area contributed by atoms with Crippen LogP contribution in [0.1, 0.15) is 32.4 Å². The SMILES string of the molecule is CCC(CC)CNc1cnc2c(c1)c(C)nn2C. The fourth-order valence-electron chi connectivity index (χ4n) is 2.24. The summed E-state index contributed by atoms with van der Waals surface area (Å²) in [6.07, 6.45) is 4.32. The lowest BCUT2D eigenvalue weighted by molar-refractivity contribution is 0.519. The summed E-state index contributed by atoms with van der Waals surface area (Å²) < 4.78 is 1.83. The lowest BCUT2D eigenvalue weighted by atomic mass is 10.0. The number of nitrogens with zero attached hydrogens (tertiary/aromatic N) is 3. The van der Waals surface area contributed by atoms with E-state index in [1.54, 1.807) is 0 Å². The van der Waals surface area contributed by atoms with Gasteiger partial charge in [0, 0.05) is 19.0 Å². The first-order chi connectivity index (χ1) is 8.65. The van der Waals surface area contributed by atoms with E-state index in [0.29, 0.717) is 0 Å². The van der Waals surface area contributed by atoms with Crippen molar-refractivity contribution in [1.82, 2.24) is 14.8 Å². The first-order valence-corrected chi connectivity index (χ1v) is 6.68. The van der Waals surface area contributed by atoms with Crippen molar-refractivity contribution in [2.45, 2.75) is 33.6 Å². The van der Waals surface area contributed by atoms with E-state index in [-0.39, 0.29) is 0 Å². The van der Waals surface area contributed by atoms with E-state index in [1.807, 2.05) is 24.9 Å². The standard InChI is InChI=1S/C14H22N4/c1-5-11(6-2)8-15-12-7-13-10(3)17-18(4)14(13)16-9-12/h7,9,11,15H,5-6,8H2,1-4H3. The summed E-state index contributed by atoms with van der Waals surface area (Å²) in [5, 5.41) is 8.99. The molecule has 0 aromatic carbocycles. The molecule has 0 fully saturated rings. The molecule has 1 N–H and O–H groups in total. The van der Waals surface area contributed by atoms with E-state index < -0.39 is 0 Å². The van der Waals surface area contributed by atoms with Crippen molar-refractivity contribution in [3.05, 3.63) is 18.0 Å². The van der Waals surface area contributed by atoms with E-state index in [9.17, 15) is 0 Å². The Morgan fingerprint density at radius 3 is 2.72 bits per heavy atom. The summed E-state index contributed by atoms with van der Waals surface area (Å²) in [6.45, 7) is 7.51. The molecule has 98 valence electrons. The van der Waals surface area contributed by atoms with Crippen LogP contribution in [0.4, 0.5) is 5.69 Å². The minimum Gasteiger partial charge on any atom is -0.384 e. The Hall–Kier alpha value is -1.58. The second kappa shape index (κ2) is 5.38. The van der Waals surface area contributed by atoms with E-state index >= 15 is 0 Å². The van der Waals surface area contributed by atoms with Gasteiger partial charge < -0.3 is 5.32 Å². The molecule has 0 aliphatic heterocycles. The summed E-state index contributed by atoms with van der Waals surface area (Å²) in [5.41, 5.74) is 3.07. The third kappa shape index (κ3) is 2.47. The number of nitrogens with one attached hydrogen (secondary N) is 1. The average molecular weight is 246 g/mol. The van der Waals surface area contributed by atoms with Crippen LogP contribution in [-0.2, 0) is 7.05 Å². The molecule has 0 radical (unpaired) electrons. The lowest BCUT2D eigenvalue weighted by Gasteiger charge is -2.14. The third-order valence-electron chi connectivity index (χ3n) is 3.61. The van der Waals surface area contributed by atoms with E-state index in [2.05, 4.69) is 35.3 Å². The molecule has 0 spiro atoms. The van der Waals surface area contributed by atoms with Crippen molar-refractivity contribution >= 4 is 16.7 Å². The summed E-state index contributed by atoms with van der Waals surface area (Å²) >= 11 is 0.